The number of nitrogens with zero attached hydrogens (tertiary/aromatic N) is 1. The molecule has 0 heterocycles. The lowest BCUT2D eigenvalue weighted by molar-refractivity contribution is -0.128. The maximum atomic E-state index is 13.4. The first kappa shape index (κ1) is 32.3. The molecule has 6 N–H and O–H groups in total. The summed E-state index contributed by atoms with van der Waals surface area (Å²) in [6, 6.07) is 15.1. The summed E-state index contributed by atoms with van der Waals surface area (Å²) in [6.45, 7) is 8.84. The molecule has 1 unspecified atom stereocenters. The van der Waals surface area contributed by atoms with E-state index in [1.54, 1.807) is 51.1 Å². The van der Waals surface area contributed by atoms with Crippen molar-refractivity contribution in [1.29, 1.82) is 0 Å². The van der Waals surface area contributed by atoms with Gasteiger partial charge in [-0.25, -0.2) is 9.80 Å². The van der Waals surface area contributed by atoms with Crippen LogP contribution in [-0.4, -0.2) is 70.3 Å². The Morgan fingerprint density at radius 1 is 0.950 bits per heavy atom. The van der Waals surface area contributed by atoms with Gasteiger partial charge in [-0.3, -0.25) is 19.8 Å². The van der Waals surface area contributed by atoms with Gasteiger partial charge < -0.3 is 26.2 Å². The number of nitrogens with two attached hydrogens (primary N) is 1. The number of primary amides is 1. The van der Waals surface area contributed by atoms with Crippen molar-refractivity contribution in [1.82, 2.24) is 21.1 Å². The Kier molecular flexibility index (Phi) is 12.1. The zero-order valence-electron chi connectivity index (χ0n) is 23.7. The fourth-order valence-corrected chi connectivity index (χ4v) is 3.81. The van der Waals surface area contributed by atoms with Crippen LogP contribution in [0.3, 0.4) is 0 Å². The van der Waals surface area contributed by atoms with Gasteiger partial charge in [0.2, 0.25) is 11.8 Å². The number of benzene rings is 2. The summed E-state index contributed by atoms with van der Waals surface area (Å²) in [5, 5.41) is 18.1. The van der Waals surface area contributed by atoms with Crippen molar-refractivity contribution in [2.75, 3.05) is 6.54 Å². The van der Waals surface area contributed by atoms with Crippen molar-refractivity contribution in [3.05, 3.63) is 71.8 Å². The van der Waals surface area contributed by atoms with E-state index in [0.29, 0.717) is 5.56 Å². The number of carbonyl (C=O) groups is 4. The first-order valence-electron chi connectivity index (χ1n) is 13.2. The second kappa shape index (κ2) is 15.0. The highest BCUT2D eigenvalue weighted by atomic mass is 16.6. The second-order valence-electron chi connectivity index (χ2n) is 10.8. The fourth-order valence-electron chi connectivity index (χ4n) is 3.81. The van der Waals surface area contributed by atoms with Crippen molar-refractivity contribution in [3.63, 3.8) is 0 Å². The summed E-state index contributed by atoms with van der Waals surface area (Å²) in [6.07, 6.45) is -2.04. The first-order valence-corrected chi connectivity index (χ1v) is 13.2. The Labute approximate surface area is 235 Å². The predicted molar refractivity (Wildman–Crippen MR) is 151 cm³/mol. The zero-order valence-corrected chi connectivity index (χ0v) is 23.7. The third-order valence-electron chi connectivity index (χ3n) is 5.79. The molecular weight excluding hydrogens is 514 g/mol. The van der Waals surface area contributed by atoms with Crippen molar-refractivity contribution < 1.29 is 29.0 Å². The molecule has 11 heteroatoms. The van der Waals surface area contributed by atoms with Gasteiger partial charge >= 0.3 is 6.09 Å². The van der Waals surface area contributed by atoms with E-state index in [1.165, 1.54) is 5.01 Å². The maximum absolute atomic E-state index is 13.4. The number of aliphatic hydroxyl groups is 1. The molecule has 3 atom stereocenters. The van der Waals surface area contributed by atoms with E-state index in [2.05, 4.69) is 16.1 Å². The van der Waals surface area contributed by atoms with Crippen LogP contribution in [0, 0.1) is 0 Å². The molecule has 0 aliphatic rings. The van der Waals surface area contributed by atoms with E-state index in [1.807, 2.05) is 44.2 Å². The number of aliphatic hydroxyl groups excluding tert-OH is 1. The van der Waals surface area contributed by atoms with Crippen LogP contribution >= 0.6 is 0 Å². The molecule has 2 aromatic carbocycles. The third-order valence-corrected chi connectivity index (χ3v) is 5.79. The lowest BCUT2D eigenvalue weighted by Gasteiger charge is -2.33. The molecule has 0 radical (unpaired) electrons. The predicted octanol–water partition coefficient (Wildman–Crippen LogP) is 1.90. The Bertz CT molecular complexity index is 1120. The van der Waals surface area contributed by atoms with Crippen LogP contribution < -0.4 is 21.8 Å². The van der Waals surface area contributed by atoms with Gasteiger partial charge in [0.25, 0.3) is 5.91 Å². The molecule has 11 nitrogen and oxygen atoms in total. The van der Waals surface area contributed by atoms with Crippen molar-refractivity contribution in [2.24, 2.45) is 5.73 Å². The number of hydrazine groups is 1. The molecule has 0 saturated heterocycles. The average molecular weight is 556 g/mol. The Morgan fingerprint density at radius 2 is 1.52 bits per heavy atom. The normalized spacial score (nSPS) is 13.7. The summed E-state index contributed by atoms with van der Waals surface area (Å²) in [7, 11) is 0. The molecule has 4 amide bonds. The number of rotatable bonds is 13. The SMILES string of the molecule is CC(C)N(CC(O)[C@H](Cc1ccccc1)NC(=O)[C@H](CC(N)=O)NC(=O)c1ccccc1)NC(=O)OC(C)(C)C. The minimum atomic E-state index is -1.27. The van der Waals surface area contributed by atoms with Gasteiger partial charge in [-0.15, -0.1) is 0 Å². The molecule has 0 aromatic heterocycles. The number of hydrogen-bond donors (Lipinski definition) is 5. The number of nitrogens with one attached hydrogen (secondary N) is 3. The summed E-state index contributed by atoms with van der Waals surface area (Å²) in [5.74, 6) is -2.00. The highest BCUT2D eigenvalue weighted by Gasteiger charge is 2.31. The van der Waals surface area contributed by atoms with Crippen LogP contribution in [0.1, 0.15) is 57.0 Å². The average Bonchev–Trinajstić information content (AvgIpc) is 2.87. The van der Waals surface area contributed by atoms with Gasteiger partial charge in [-0.05, 0) is 58.7 Å². The van der Waals surface area contributed by atoms with Gasteiger partial charge in [-0.1, -0.05) is 48.5 Å². The molecule has 2 aromatic rings. The Balaban J connectivity index is 2.24. The van der Waals surface area contributed by atoms with Crippen LogP contribution in [0.5, 0.6) is 0 Å². The molecule has 0 spiro atoms. The minimum absolute atomic E-state index is 0.0500. The Hall–Kier alpha value is -3.96. The summed E-state index contributed by atoms with van der Waals surface area (Å²) < 4.78 is 5.34. The number of amides is 4. The molecule has 0 aliphatic carbocycles. The third kappa shape index (κ3) is 11.4. The first-order chi connectivity index (χ1) is 18.7. The molecule has 0 fully saturated rings. The smallest absolute Gasteiger partial charge is 0.422 e. The quantitative estimate of drug-likeness (QED) is 0.236. The van der Waals surface area contributed by atoms with Gasteiger partial charge in [0.05, 0.1) is 18.6 Å². The highest BCUT2D eigenvalue weighted by Crippen LogP contribution is 2.12. The number of hydrogen-bond acceptors (Lipinski definition) is 7. The van der Waals surface area contributed by atoms with E-state index in [4.69, 9.17) is 10.5 Å². The fraction of sp³-hybridized carbons (Fsp3) is 0.448. The van der Waals surface area contributed by atoms with Crippen molar-refractivity contribution in [3.8, 4) is 0 Å². The van der Waals surface area contributed by atoms with E-state index in [-0.39, 0.29) is 19.0 Å². The monoisotopic (exact) mass is 555 g/mol. The number of ether oxygens (including phenoxy) is 1. The van der Waals surface area contributed by atoms with Gasteiger partial charge in [0.1, 0.15) is 11.6 Å². The van der Waals surface area contributed by atoms with E-state index in [9.17, 15) is 24.3 Å². The minimum Gasteiger partial charge on any atom is -0.443 e. The zero-order chi connectivity index (χ0) is 29.9. The Morgan fingerprint density at radius 3 is 2.05 bits per heavy atom. The van der Waals surface area contributed by atoms with Crippen LogP contribution in [0.4, 0.5) is 4.79 Å². The lowest BCUT2D eigenvalue weighted by Crippen LogP contribution is -2.58. The second-order valence-corrected chi connectivity index (χ2v) is 10.8. The van der Waals surface area contributed by atoms with Gasteiger partial charge in [0, 0.05) is 18.2 Å². The highest BCUT2D eigenvalue weighted by molar-refractivity contribution is 5.98. The molecular formula is C29H41N5O6. The molecule has 40 heavy (non-hydrogen) atoms. The van der Waals surface area contributed by atoms with Gasteiger partial charge in [0.15, 0.2) is 0 Å². The molecule has 2 rings (SSSR count). The van der Waals surface area contributed by atoms with Crippen molar-refractivity contribution >= 4 is 23.8 Å². The van der Waals surface area contributed by atoms with Crippen LogP contribution in [0.2, 0.25) is 0 Å². The maximum Gasteiger partial charge on any atom is 0.422 e. The van der Waals surface area contributed by atoms with E-state index >= 15 is 0 Å². The summed E-state index contributed by atoms with van der Waals surface area (Å²) in [5.41, 5.74) is 8.45. The van der Waals surface area contributed by atoms with Crippen LogP contribution in [0.25, 0.3) is 0 Å². The molecule has 0 saturated carbocycles. The van der Waals surface area contributed by atoms with Crippen molar-refractivity contribution in [2.45, 2.75) is 77.3 Å². The van der Waals surface area contributed by atoms with Crippen LogP contribution in [-0.2, 0) is 20.7 Å². The van der Waals surface area contributed by atoms with E-state index < -0.39 is 54.0 Å². The number of carbonyl (C=O) groups excluding carboxylic acids is 4. The molecule has 0 bridgehead atoms. The topological polar surface area (TPSA) is 163 Å². The molecule has 0 aliphatic heterocycles. The summed E-state index contributed by atoms with van der Waals surface area (Å²) in [4.78, 5) is 50.2. The van der Waals surface area contributed by atoms with Crippen LogP contribution in [0.15, 0.2) is 60.7 Å². The summed E-state index contributed by atoms with van der Waals surface area (Å²) >= 11 is 0. The standard InChI is InChI=1S/C29H41N5O6/c1-19(2)34(33-28(39)40-29(3,4)5)18-24(35)22(16-20-12-8-6-9-13-20)31-27(38)23(17-25(30)36)32-26(37)21-14-10-7-11-15-21/h6-15,19,22-24,35H,16-18H2,1-5H3,(H2,30,36)(H,31,38)(H,32,37)(H,33,39)/t22-,23-,24?/m0/s1. The largest absolute Gasteiger partial charge is 0.443 e. The molecule has 218 valence electrons. The van der Waals surface area contributed by atoms with Gasteiger partial charge in [-0.2, -0.15) is 0 Å². The lowest BCUT2D eigenvalue weighted by atomic mass is 9.99. The van der Waals surface area contributed by atoms with E-state index in [0.717, 1.165) is 5.56 Å².